The van der Waals surface area contributed by atoms with E-state index in [2.05, 4.69) is 0 Å². The van der Waals surface area contributed by atoms with Gasteiger partial charge in [0.2, 0.25) is 0 Å². The number of amides is 3. The molecule has 7 heteroatoms. The van der Waals surface area contributed by atoms with Gasteiger partial charge in [0, 0.05) is 19.3 Å². The third-order valence-electron chi connectivity index (χ3n) is 5.71. The number of ether oxygens (including phenoxy) is 1. The van der Waals surface area contributed by atoms with E-state index in [1.165, 1.54) is 9.80 Å². The summed E-state index contributed by atoms with van der Waals surface area (Å²) < 4.78 is 5.39. The summed E-state index contributed by atoms with van der Waals surface area (Å²) in [5.74, 6) is -1.50. The van der Waals surface area contributed by atoms with Crippen molar-refractivity contribution >= 4 is 29.4 Å². The fourth-order valence-corrected chi connectivity index (χ4v) is 3.85. The molecular formula is C27H24N2O5. The Morgan fingerprint density at radius 3 is 1.97 bits per heavy atom. The quantitative estimate of drug-likeness (QED) is 0.288. The molecule has 0 bridgehead atoms. The van der Waals surface area contributed by atoms with Crippen LogP contribution in [0.1, 0.15) is 54.3 Å². The van der Waals surface area contributed by atoms with Crippen LogP contribution in [0, 0.1) is 0 Å². The monoisotopic (exact) mass is 456 g/mol. The molecular weight excluding hydrogens is 432 g/mol. The summed E-state index contributed by atoms with van der Waals surface area (Å²) in [6.45, 7) is 0.361. The van der Waals surface area contributed by atoms with Gasteiger partial charge >= 0.3 is 5.97 Å². The van der Waals surface area contributed by atoms with Crippen LogP contribution in [0.4, 0.5) is 5.69 Å². The average molecular weight is 456 g/mol. The van der Waals surface area contributed by atoms with Crippen LogP contribution in [-0.4, -0.2) is 48.8 Å². The summed E-state index contributed by atoms with van der Waals surface area (Å²) in [4.78, 5) is 53.2. The van der Waals surface area contributed by atoms with Gasteiger partial charge in [-0.2, -0.15) is 0 Å². The zero-order chi connectivity index (χ0) is 24.1. The first kappa shape index (κ1) is 22.9. The van der Waals surface area contributed by atoms with Gasteiger partial charge in [-0.05, 0) is 49.2 Å². The second kappa shape index (κ2) is 10.1. The molecule has 4 rings (SSSR count). The normalized spacial score (nSPS) is 12.4. The molecule has 1 aliphatic rings. The lowest BCUT2D eigenvalue weighted by atomic mass is 10.1. The van der Waals surface area contributed by atoms with Gasteiger partial charge in [0.15, 0.2) is 0 Å². The van der Waals surface area contributed by atoms with E-state index in [-0.39, 0.29) is 42.0 Å². The van der Waals surface area contributed by atoms with E-state index in [9.17, 15) is 19.2 Å². The minimum absolute atomic E-state index is 0.110. The van der Waals surface area contributed by atoms with E-state index in [0.29, 0.717) is 29.7 Å². The number of anilines is 1. The molecule has 0 radical (unpaired) electrons. The number of carbonyl (C=O) groups excluding carboxylic acids is 4. The second-order valence-corrected chi connectivity index (χ2v) is 7.90. The molecule has 3 amide bonds. The number of hydrogen-bond acceptors (Lipinski definition) is 5. The summed E-state index contributed by atoms with van der Waals surface area (Å²) in [7, 11) is 1.65. The maximum absolute atomic E-state index is 13.0. The van der Waals surface area contributed by atoms with E-state index >= 15 is 0 Å². The van der Waals surface area contributed by atoms with Crippen molar-refractivity contribution in [2.24, 2.45) is 0 Å². The smallest absolute Gasteiger partial charge is 0.338 e. The summed E-state index contributed by atoms with van der Waals surface area (Å²) >= 11 is 0. The van der Waals surface area contributed by atoms with Crippen molar-refractivity contribution in [1.29, 1.82) is 0 Å². The molecule has 0 spiro atoms. The molecule has 0 saturated heterocycles. The molecule has 3 aromatic carbocycles. The summed E-state index contributed by atoms with van der Waals surface area (Å²) in [5.41, 5.74) is 1.99. The Morgan fingerprint density at radius 1 is 0.765 bits per heavy atom. The van der Waals surface area contributed by atoms with Gasteiger partial charge in [-0.1, -0.05) is 42.5 Å². The van der Waals surface area contributed by atoms with E-state index in [1.54, 1.807) is 55.6 Å². The first-order valence-corrected chi connectivity index (χ1v) is 11.0. The topological polar surface area (TPSA) is 84.0 Å². The highest BCUT2D eigenvalue weighted by atomic mass is 16.5. The lowest BCUT2D eigenvalue weighted by molar-refractivity contribution is 0.0483. The Balaban J connectivity index is 1.31. The lowest BCUT2D eigenvalue weighted by Gasteiger charge is -2.19. The Morgan fingerprint density at radius 2 is 1.32 bits per heavy atom. The molecule has 0 N–H and O–H groups in total. The van der Waals surface area contributed by atoms with Gasteiger partial charge < -0.3 is 9.64 Å². The van der Waals surface area contributed by atoms with Crippen molar-refractivity contribution in [2.45, 2.75) is 12.8 Å². The molecule has 0 fully saturated rings. The van der Waals surface area contributed by atoms with Gasteiger partial charge in [-0.25, -0.2) is 4.79 Å². The van der Waals surface area contributed by atoms with Crippen molar-refractivity contribution in [2.75, 3.05) is 25.1 Å². The fraction of sp³-hybridized carbons (Fsp3) is 0.185. The molecule has 0 aliphatic carbocycles. The van der Waals surface area contributed by atoms with E-state index in [4.69, 9.17) is 4.74 Å². The molecule has 0 saturated carbocycles. The minimum atomic E-state index is -0.592. The number of hydrogen-bond donors (Lipinski definition) is 0. The number of fused-ring (bicyclic) bond motifs is 1. The molecule has 1 aliphatic heterocycles. The van der Waals surface area contributed by atoms with Crippen molar-refractivity contribution in [3.05, 3.63) is 101 Å². The predicted octanol–water partition coefficient (Wildman–Crippen LogP) is 4.20. The summed E-state index contributed by atoms with van der Waals surface area (Å²) in [5, 5.41) is 0. The highest BCUT2D eigenvalue weighted by Gasteiger charge is 2.34. The highest BCUT2D eigenvalue weighted by Crippen LogP contribution is 2.23. The first-order chi connectivity index (χ1) is 16.5. The third kappa shape index (κ3) is 4.59. The molecule has 0 unspecified atom stereocenters. The van der Waals surface area contributed by atoms with Crippen molar-refractivity contribution in [3.63, 3.8) is 0 Å². The van der Waals surface area contributed by atoms with Crippen LogP contribution >= 0.6 is 0 Å². The molecule has 172 valence electrons. The number of para-hydroxylation sites is 1. The van der Waals surface area contributed by atoms with Crippen LogP contribution in [0.2, 0.25) is 0 Å². The third-order valence-corrected chi connectivity index (χ3v) is 5.71. The minimum Gasteiger partial charge on any atom is -0.462 e. The van der Waals surface area contributed by atoms with Crippen LogP contribution in [-0.2, 0) is 4.74 Å². The maximum Gasteiger partial charge on any atom is 0.338 e. The number of unbranched alkanes of at least 4 members (excludes halogenated alkanes) is 1. The van der Waals surface area contributed by atoms with Crippen LogP contribution < -0.4 is 4.90 Å². The van der Waals surface area contributed by atoms with Crippen LogP contribution in [0.3, 0.4) is 0 Å². The molecule has 0 aromatic heterocycles. The first-order valence-electron chi connectivity index (χ1n) is 11.0. The Hall–Kier alpha value is -4.26. The van der Waals surface area contributed by atoms with Crippen molar-refractivity contribution < 1.29 is 23.9 Å². The molecule has 34 heavy (non-hydrogen) atoms. The van der Waals surface area contributed by atoms with Gasteiger partial charge in [-0.3, -0.25) is 19.3 Å². The summed E-state index contributed by atoms with van der Waals surface area (Å²) in [6.07, 6.45) is 0.968. The number of rotatable bonds is 8. The lowest BCUT2D eigenvalue weighted by Crippen LogP contribution is -2.31. The predicted molar refractivity (Wildman–Crippen MR) is 127 cm³/mol. The van der Waals surface area contributed by atoms with Gasteiger partial charge in [0.1, 0.15) is 0 Å². The number of esters is 1. The molecule has 0 atom stereocenters. The number of nitrogens with zero attached hydrogens (tertiary/aromatic N) is 2. The summed E-state index contributed by atoms with van der Waals surface area (Å²) in [6, 6.07) is 22.4. The maximum atomic E-state index is 13.0. The van der Waals surface area contributed by atoms with Crippen LogP contribution in [0.25, 0.3) is 0 Å². The van der Waals surface area contributed by atoms with E-state index in [0.717, 1.165) is 0 Å². The largest absolute Gasteiger partial charge is 0.462 e. The number of carbonyl (C=O) groups is 4. The van der Waals surface area contributed by atoms with Gasteiger partial charge in [0.25, 0.3) is 17.7 Å². The Labute approximate surface area is 197 Å². The zero-order valence-electron chi connectivity index (χ0n) is 18.8. The SMILES string of the molecule is CN(C(=O)c1ccccc1C(=O)OCCCCN1C(=O)c2ccccc2C1=O)c1ccccc1. The second-order valence-electron chi connectivity index (χ2n) is 7.90. The highest BCUT2D eigenvalue weighted by molar-refractivity contribution is 6.21. The van der Waals surface area contributed by atoms with E-state index in [1.807, 2.05) is 30.3 Å². The van der Waals surface area contributed by atoms with Crippen LogP contribution in [0.15, 0.2) is 78.9 Å². The average Bonchev–Trinajstić information content (AvgIpc) is 3.13. The van der Waals surface area contributed by atoms with Gasteiger partial charge in [-0.15, -0.1) is 0 Å². The molecule has 3 aromatic rings. The van der Waals surface area contributed by atoms with Gasteiger partial charge in [0.05, 0.1) is 28.9 Å². The molecule has 7 nitrogen and oxygen atoms in total. The van der Waals surface area contributed by atoms with Crippen molar-refractivity contribution in [1.82, 2.24) is 4.90 Å². The van der Waals surface area contributed by atoms with Crippen molar-refractivity contribution in [3.8, 4) is 0 Å². The fourth-order valence-electron chi connectivity index (χ4n) is 3.85. The zero-order valence-corrected chi connectivity index (χ0v) is 18.8. The Kier molecular flexibility index (Phi) is 6.82. The number of imide groups is 1. The standard InChI is InChI=1S/C27H24N2O5/c1-28(19-11-3-2-4-12-19)24(30)22-15-7-8-16-23(22)27(33)34-18-10-9-17-29-25(31)20-13-5-6-14-21(20)26(29)32/h2-8,11-16H,9-10,17-18H2,1H3. The van der Waals surface area contributed by atoms with Crippen LogP contribution in [0.5, 0.6) is 0 Å². The number of benzene rings is 3. The molecule has 1 heterocycles. The van der Waals surface area contributed by atoms with E-state index < -0.39 is 5.97 Å². The Bertz CT molecular complexity index is 1200.